The van der Waals surface area contributed by atoms with Crippen LogP contribution in [0.3, 0.4) is 0 Å². The molecular formula is C10H10N4O3S. The molecule has 0 amide bonds. The molecule has 0 saturated heterocycles. The van der Waals surface area contributed by atoms with E-state index in [1.54, 1.807) is 25.1 Å². The number of nitro benzene ring substituents is 1. The van der Waals surface area contributed by atoms with Crippen molar-refractivity contribution >= 4 is 22.2 Å². The lowest BCUT2D eigenvalue weighted by Crippen LogP contribution is -2.04. The molecule has 1 aromatic heterocycles. The van der Waals surface area contributed by atoms with Crippen LogP contribution in [0.4, 0.5) is 10.8 Å². The second-order valence-electron chi connectivity index (χ2n) is 3.46. The van der Waals surface area contributed by atoms with Crippen LogP contribution in [0.25, 0.3) is 0 Å². The Balaban J connectivity index is 2.21. The second-order valence-corrected chi connectivity index (χ2v) is 4.50. The Labute approximate surface area is 106 Å². The van der Waals surface area contributed by atoms with Crippen LogP contribution >= 0.6 is 11.3 Å². The average molecular weight is 266 g/mol. The van der Waals surface area contributed by atoms with Crippen LogP contribution in [-0.2, 0) is 0 Å². The molecule has 0 bridgehead atoms. The standard InChI is InChI=1S/C10H10N4O3S/c1-6(9-12-13-10(11)18-9)17-8-5-3-2-4-7(8)14(15)16/h2-6H,1H3,(H2,11,13). The molecule has 0 fully saturated rings. The Morgan fingerprint density at radius 2 is 2.17 bits per heavy atom. The molecule has 0 aliphatic rings. The number of aromatic nitrogens is 2. The lowest BCUT2D eigenvalue weighted by molar-refractivity contribution is -0.386. The summed E-state index contributed by atoms with van der Waals surface area (Å²) in [5, 5.41) is 19.2. The maximum Gasteiger partial charge on any atom is 0.310 e. The van der Waals surface area contributed by atoms with E-state index in [9.17, 15) is 10.1 Å². The van der Waals surface area contributed by atoms with E-state index < -0.39 is 11.0 Å². The predicted octanol–water partition coefficient (Wildman–Crippen LogP) is 2.17. The fourth-order valence-corrected chi connectivity index (χ4v) is 1.95. The molecule has 2 rings (SSSR count). The zero-order chi connectivity index (χ0) is 13.1. The SMILES string of the molecule is CC(Oc1ccccc1[N+](=O)[O-])c1nnc(N)s1. The number of nitrogens with two attached hydrogens (primary N) is 1. The van der Waals surface area contributed by atoms with Gasteiger partial charge in [0.2, 0.25) is 5.13 Å². The van der Waals surface area contributed by atoms with Crippen LogP contribution < -0.4 is 10.5 Å². The smallest absolute Gasteiger partial charge is 0.310 e. The largest absolute Gasteiger partial charge is 0.476 e. The van der Waals surface area contributed by atoms with Gasteiger partial charge in [0.05, 0.1) is 4.92 Å². The molecule has 94 valence electrons. The van der Waals surface area contributed by atoms with Gasteiger partial charge in [0.15, 0.2) is 10.8 Å². The van der Waals surface area contributed by atoms with Crippen LogP contribution in [0.15, 0.2) is 24.3 Å². The summed E-state index contributed by atoms with van der Waals surface area (Å²) < 4.78 is 5.52. The maximum atomic E-state index is 10.8. The number of rotatable bonds is 4. The Morgan fingerprint density at radius 3 is 2.78 bits per heavy atom. The van der Waals surface area contributed by atoms with Crippen LogP contribution in [0.2, 0.25) is 0 Å². The van der Waals surface area contributed by atoms with Gasteiger partial charge in [-0.2, -0.15) is 0 Å². The number of para-hydroxylation sites is 2. The van der Waals surface area contributed by atoms with Crippen LogP contribution in [0.5, 0.6) is 5.75 Å². The second kappa shape index (κ2) is 4.96. The third-order valence-corrected chi connectivity index (χ3v) is 3.08. The summed E-state index contributed by atoms with van der Waals surface area (Å²) in [6.45, 7) is 1.73. The van der Waals surface area contributed by atoms with Gasteiger partial charge in [0, 0.05) is 6.07 Å². The number of ether oxygens (including phenoxy) is 1. The third-order valence-electron chi connectivity index (χ3n) is 2.17. The monoisotopic (exact) mass is 266 g/mol. The summed E-state index contributed by atoms with van der Waals surface area (Å²) >= 11 is 1.19. The van der Waals surface area contributed by atoms with E-state index in [2.05, 4.69) is 10.2 Å². The fourth-order valence-electron chi connectivity index (χ4n) is 1.36. The molecule has 2 N–H and O–H groups in total. The Kier molecular flexibility index (Phi) is 3.38. The first-order chi connectivity index (χ1) is 8.58. The summed E-state index contributed by atoms with van der Waals surface area (Å²) in [5.74, 6) is 0.198. The fraction of sp³-hybridized carbons (Fsp3) is 0.200. The molecule has 1 aromatic carbocycles. The third kappa shape index (κ3) is 2.54. The molecule has 0 saturated carbocycles. The van der Waals surface area contributed by atoms with Crippen LogP contribution in [0, 0.1) is 10.1 Å². The van der Waals surface area contributed by atoms with E-state index in [0.717, 1.165) is 0 Å². The van der Waals surface area contributed by atoms with E-state index in [1.807, 2.05) is 0 Å². The van der Waals surface area contributed by atoms with E-state index in [1.165, 1.54) is 17.4 Å². The molecule has 1 unspecified atom stereocenters. The molecule has 18 heavy (non-hydrogen) atoms. The first-order valence-corrected chi connectivity index (χ1v) is 5.88. The molecular weight excluding hydrogens is 256 g/mol. The minimum Gasteiger partial charge on any atom is -0.476 e. The Bertz CT molecular complexity index is 572. The lowest BCUT2D eigenvalue weighted by atomic mass is 10.3. The number of nitro groups is 1. The van der Waals surface area contributed by atoms with E-state index in [4.69, 9.17) is 10.5 Å². The predicted molar refractivity (Wildman–Crippen MR) is 66.5 cm³/mol. The molecule has 2 aromatic rings. The highest BCUT2D eigenvalue weighted by atomic mass is 32.1. The van der Waals surface area contributed by atoms with E-state index in [0.29, 0.717) is 10.1 Å². The van der Waals surface area contributed by atoms with Crippen molar-refractivity contribution in [2.24, 2.45) is 0 Å². The van der Waals surface area contributed by atoms with E-state index >= 15 is 0 Å². The highest BCUT2D eigenvalue weighted by Gasteiger charge is 2.19. The van der Waals surface area contributed by atoms with Crippen LogP contribution in [-0.4, -0.2) is 15.1 Å². The molecule has 0 aliphatic heterocycles. The van der Waals surface area contributed by atoms with Crippen molar-refractivity contribution in [3.8, 4) is 5.75 Å². The summed E-state index contributed by atoms with van der Waals surface area (Å²) in [5.41, 5.74) is 5.39. The lowest BCUT2D eigenvalue weighted by Gasteiger charge is -2.11. The summed E-state index contributed by atoms with van der Waals surface area (Å²) in [6, 6.07) is 6.18. The number of nitrogen functional groups attached to an aromatic ring is 1. The number of anilines is 1. The first-order valence-electron chi connectivity index (χ1n) is 5.07. The van der Waals surface area contributed by atoms with Crippen molar-refractivity contribution in [3.05, 3.63) is 39.4 Å². The summed E-state index contributed by atoms with van der Waals surface area (Å²) in [6.07, 6.45) is -0.444. The van der Waals surface area contributed by atoms with Gasteiger partial charge in [0.25, 0.3) is 0 Å². The normalized spacial score (nSPS) is 12.1. The molecule has 8 heteroatoms. The zero-order valence-corrected chi connectivity index (χ0v) is 10.3. The maximum absolute atomic E-state index is 10.8. The molecule has 1 atom stereocenters. The highest BCUT2D eigenvalue weighted by Crippen LogP contribution is 2.31. The van der Waals surface area contributed by atoms with Crippen molar-refractivity contribution in [2.75, 3.05) is 5.73 Å². The summed E-state index contributed by atoms with van der Waals surface area (Å²) in [7, 11) is 0. The van der Waals surface area contributed by atoms with Gasteiger partial charge in [0.1, 0.15) is 6.10 Å². The Morgan fingerprint density at radius 1 is 1.44 bits per heavy atom. The van der Waals surface area contributed by atoms with Crippen molar-refractivity contribution in [1.29, 1.82) is 0 Å². The van der Waals surface area contributed by atoms with Gasteiger partial charge in [-0.15, -0.1) is 10.2 Å². The molecule has 0 radical (unpaired) electrons. The minimum absolute atomic E-state index is 0.0816. The number of hydrogen-bond donors (Lipinski definition) is 1. The molecule has 7 nitrogen and oxygen atoms in total. The van der Waals surface area contributed by atoms with Gasteiger partial charge >= 0.3 is 5.69 Å². The summed E-state index contributed by atoms with van der Waals surface area (Å²) in [4.78, 5) is 10.3. The molecule has 1 heterocycles. The van der Waals surface area contributed by atoms with E-state index in [-0.39, 0.29) is 11.4 Å². The first kappa shape index (κ1) is 12.2. The van der Waals surface area contributed by atoms with Crippen molar-refractivity contribution in [2.45, 2.75) is 13.0 Å². The van der Waals surface area contributed by atoms with Gasteiger partial charge in [-0.05, 0) is 13.0 Å². The van der Waals surface area contributed by atoms with Crippen LogP contribution in [0.1, 0.15) is 18.0 Å². The highest BCUT2D eigenvalue weighted by molar-refractivity contribution is 7.15. The zero-order valence-electron chi connectivity index (χ0n) is 9.44. The molecule has 0 spiro atoms. The number of nitrogens with zero attached hydrogens (tertiary/aromatic N) is 3. The Hall–Kier alpha value is -2.22. The van der Waals surface area contributed by atoms with Gasteiger partial charge in [-0.25, -0.2) is 0 Å². The average Bonchev–Trinajstić information content (AvgIpc) is 2.76. The number of hydrogen-bond acceptors (Lipinski definition) is 7. The topological polar surface area (TPSA) is 104 Å². The quantitative estimate of drug-likeness (QED) is 0.671. The van der Waals surface area contributed by atoms with Gasteiger partial charge in [-0.3, -0.25) is 10.1 Å². The molecule has 0 aliphatic carbocycles. The van der Waals surface area contributed by atoms with Crippen molar-refractivity contribution in [1.82, 2.24) is 10.2 Å². The van der Waals surface area contributed by atoms with Crippen molar-refractivity contribution < 1.29 is 9.66 Å². The van der Waals surface area contributed by atoms with Gasteiger partial charge in [-0.1, -0.05) is 23.5 Å². The number of benzene rings is 1. The van der Waals surface area contributed by atoms with Crippen molar-refractivity contribution in [3.63, 3.8) is 0 Å². The van der Waals surface area contributed by atoms with Gasteiger partial charge < -0.3 is 10.5 Å². The minimum atomic E-state index is -0.490.